The van der Waals surface area contributed by atoms with Crippen LogP contribution in [0.5, 0.6) is 11.5 Å². The van der Waals surface area contributed by atoms with Crippen molar-refractivity contribution < 1.29 is 23.0 Å². The molecule has 0 aliphatic carbocycles. The van der Waals surface area contributed by atoms with E-state index in [4.69, 9.17) is 9.47 Å². The van der Waals surface area contributed by atoms with E-state index in [0.29, 0.717) is 6.54 Å². The van der Waals surface area contributed by atoms with Gasteiger partial charge < -0.3 is 19.9 Å². The molecule has 0 unspecified atom stereocenters. The van der Waals surface area contributed by atoms with Crippen molar-refractivity contribution in [3.8, 4) is 17.6 Å². The van der Waals surface area contributed by atoms with E-state index in [1.54, 1.807) is 7.11 Å². The van der Waals surface area contributed by atoms with Crippen molar-refractivity contribution in [2.75, 3.05) is 31.2 Å². The summed E-state index contributed by atoms with van der Waals surface area (Å²) in [5, 5.41) is 22.9. The summed E-state index contributed by atoms with van der Waals surface area (Å²) >= 11 is 0. The second-order valence-corrected chi connectivity index (χ2v) is 9.70. The molecule has 168 valence electrons. The number of nitriles is 1. The summed E-state index contributed by atoms with van der Waals surface area (Å²) in [6, 6.07) is 14.2. The van der Waals surface area contributed by atoms with Gasteiger partial charge in [0.25, 0.3) is 0 Å². The highest BCUT2D eigenvalue weighted by Crippen LogP contribution is 2.23. The standard InChI is InChI=1S/C22H29N3O5S/c1-22(2,12-16-5-8-20(29-3)9-6-16)24-14-19(26)15-30-21-10-7-18(11-17(21)13-23)25-31(4,27)28/h5-11,19,24-26H,12,14-15H2,1-4H3/t19-/m1/s1. The van der Waals surface area contributed by atoms with Crippen LogP contribution < -0.4 is 19.5 Å². The molecule has 0 bridgehead atoms. The molecule has 0 amide bonds. The third-order valence-electron chi connectivity index (χ3n) is 4.46. The van der Waals surface area contributed by atoms with Gasteiger partial charge in [-0.1, -0.05) is 12.1 Å². The molecule has 31 heavy (non-hydrogen) atoms. The Kier molecular flexibility index (Phi) is 8.28. The Hall–Kier alpha value is -2.80. The van der Waals surface area contributed by atoms with E-state index >= 15 is 0 Å². The number of rotatable bonds is 11. The van der Waals surface area contributed by atoms with Crippen LogP contribution in [0.1, 0.15) is 25.0 Å². The SMILES string of the molecule is COc1ccc(CC(C)(C)NC[C@@H](O)COc2ccc(NS(C)(=O)=O)cc2C#N)cc1. The van der Waals surface area contributed by atoms with Crippen LogP contribution >= 0.6 is 0 Å². The maximum absolute atomic E-state index is 11.3. The minimum absolute atomic E-state index is 0.0147. The lowest BCUT2D eigenvalue weighted by molar-refractivity contribution is 0.0987. The number of hydrogen-bond acceptors (Lipinski definition) is 7. The summed E-state index contributed by atoms with van der Waals surface area (Å²) in [5.41, 5.74) is 1.33. The first-order chi connectivity index (χ1) is 14.5. The molecule has 9 heteroatoms. The number of ether oxygens (including phenoxy) is 2. The number of benzene rings is 2. The van der Waals surface area contributed by atoms with Gasteiger partial charge in [0.05, 0.1) is 24.6 Å². The average Bonchev–Trinajstić information content (AvgIpc) is 2.70. The summed E-state index contributed by atoms with van der Waals surface area (Å²) in [4.78, 5) is 0. The highest BCUT2D eigenvalue weighted by molar-refractivity contribution is 7.92. The first kappa shape index (κ1) is 24.5. The van der Waals surface area contributed by atoms with Gasteiger partial charge in [-0.25, -0.2) is 8.42 Å². The third-order valence-corrected chi connectivity index (χ3v) is 5.06. The number of anilines is 1. The van der Waals surface area contributed by atoms with Gasteiger partial charge in [0.15, 0.2) is 0 Å². The van der Waals surface area contributed by atoms with Gasteiger partial charge in [-0.2, -0.15) is 5.26 Å². The van der Waals surface area contributed by atoms with Gasteiger partial charge in [-0.15, -0.1) is 0 Å². The second kappa shape index (κ2) is 10.5. The van der Waals surface area contributed by atoms with Gasteiger partial charge in [0, 0.05) is 12.1 Å². The van der Waals surface area contributed by atoms with Crippen molar-refractivity contribution in [3.05, 3.63) is 53.6 Å². The lowest BCUT2D eigenvalue weighted by Gasteiger charge is -2.28. The van der Waals surface area contributed by atoms with Crippen molar-refractivity contribution in [1.29, 1.82) is 5.26 Å². The van der Waals surface area contributed by atoms with E-state index in [1.807, 2.05) is 44.2 Å². The van der Waals surface area contributed by atoms with Crippen LogP contribution in [-0.2, 0) is 16.4 Å². The fourth-order valence-corrected chi connectivity index (χ4v) is 3.53. The first-order valence-electron chi connectivity index (χ1n) is 9.72. The van der Waals surface area contributed by atoms with Crippen molar-refractivity contribution in [1.82, 2.24) is 5.32 Å². The van der Waals surface area contributed by atoms with Crippen LogP contribution in [0.4, 0.5) is 5.69 Å². The number of nitrogens with one attached hydrogen (secondary N) is 2. The normalized spacial score (nSPS) is 12.6. The summed E-state index contributed by atoms with van der Waals surface area (Å²) in [7, 11) is -1.81. The Bertz CT molecular complexity index is 1010. The van der Waals surface area contributed by atoms with Crippen molar-refractivity contribution in [2.45, 2.75) is 31.9 Å². The van der Waals surface area contributed by atoms with Crippen LogP contribution in [0.15, 0.2) is 42.5 Å². The number of nitrogens with zero attached hydrogens (tertiary/aromatic N) is 1. The predicted octanol–water partition coefficient (Wildman–Crippen LogP) is 2.29. The van der Waals surface area contributed by atoms with Crippen molar-refractivity contribution in [2.24, 2.45) is 0 Å². The monoisotopic (exact) mass is 447 g/mol. The summed E-state index contributed by atoms with van der Waals surface area (Å²) in [5.74, 6) is 1.08. The fraction of sp³-hybridized carbons (Fsp3) is 0.409. The molecule has 0 aromatic heterocycles. The molecule has 3 N–H and O–H groups in total. The zero-order valence-corrected chi connectivity index (χ0v) is 19.0. The van der Waals surface area contributed by atoms with Crippen molar-refractivity contribution in [3.63, 3.8) is 0 Å². The van der Waals surface area contributed by atoms with Gasteiger partial charge in [0.2, 0.25) is 10.0 Å². The van der Waals surface area contributed by atoms with E-state index in [2.05, 4.69) is 10.0 Å². The zero-order chi connectivity index (χ0) is 23.1. The first-order valence-corrected chi connectivity index (χ1v) is 11.6. The second-order valence-electron chi connectivity index (χ2n) is 7.95. The van der Waals surface area contributed by atoms with E-state index in [-0.39, 0.29) is 29.1 Å². The molecule has 0 spiro atoms. The largest absolute Gasteiger partial charge is 0.497 e. The Labute approximate surface area is 183 Å². The molecule has 2 aromatic carbocycles. The van der Waals surface area contributed by atoms with E-state index in [9.17, 15) is 18.8 Å². The molecule has 2 aromatic rings. The maximum Gasteiger partial charge on any atom is 0.229 e. The molecule has 1 atom stereocenters. The smallest absolute Gasteiger partial charge is 0.229 e. The molecule has 8 nitrogen and oxygen atoms in total. The number of sulfonamides is 1. The van der Waals surface area contributed by atoms with Crippen LogP contribution in [0.2, 0.25) is 0 Å². The quantitative estimate of drug-likeness (QED) is 0.483. The number of methoxy groups -OCH3 is 1. The average molecular weight is 448 g/mol. The minimum atomic E-state index is -3.44. The van der Waals surface area contributed by atoms with E-state index < -0.39 is 16.1 Å². The van der Waals surface area contributed by atoms with Crippen LogP contribution in [0, 0.1) is 11.3 Å². The van der Waals surface area contributed by atoms with Gasteiger partial charge in [-0.05, 0) is 56.2 Å². The van der Waals surface area contributed by atoms with Gasteiger partial charge in [0.1, 0.15) is 30.3 Å². The Morgan fingerprint density at radius 1 is 1.19 bits per heavy atom. The molecule has 0 fully saturated rings. The highest BCUT2D eigenvalue weighted by Gasteiger charge is 2.20. The Balaban J connectivity index is 1.88. The molecule has 2 rings (SSSR count). The molecule has 0 radical (unpaired) electrons. The number of aliphatic hydroxyl groups is 1. The molecule has 0 aliphatic heterocycles. The van der Waals surface area contributed by atoms with Gasteiger partial charge in [-0.3, -0.25) is 4.72 Å². The Morgan fingerprint density at radius 2 is 1.87 bits per heavy atom. The molecule has 0 aliphatic rings. The minimum Gasteiger partial charge on any atom is -0.497 e. The van der Waals surface area contributed by atoms with Crippen molar-refractivity contribution >= 4 is 15.7 Å². The number of aliphatic hydroxyl groups excluding tert-OH is 1. The number of β-amino-alcohol motifs (C(OH)–C–C–N with tert-alkyl or cyclic N) is 1. The maximum atomic E-state index is 11.3. The summed E-state index contributed by atoms with van der Waals surface area (Å²) in [6.45, 7) is 4.39. The summed E-state index contributed by atoms with van der Waals surface area (Å²) in [6.07, 6.45) is 0.997. The zero-order valence-electron chi connectivity index (χ0n) is 18.2. The molecular formula is C22H29N3O5S. The van der Waals surface area contributed by atoms with Crippen LogP contribution in [-0.4, -0.2) is 51.7 Å². The van der Waals surface area contributed by atoms with E-state index in [0.717, 1.165) is 24.0 Å². The third kappa shape index (κ3) is 8.45. The fourth-order valence-electron chi connectivity index (χ4n) is 2.98. The molecular weight excluding hydrogens is 418 g/mol. The lowest BCUT2D eigenvalue weighted by Crippen LogP contribution is -2.46. The Morgan fingerprint density at radius 3 is 2.45 bits per heavy atom. The predicted molar refractivity (Wildman–Crippen MR) is 120 cm³/mol. The lowest BCUT2D eigenvalue weighted by atomic mass is 9.94. The topological polar surface area (TPSA) is 121 Å². The van der Waals surface area contributed by atoms with Gasteiger partial charge >= 0.3 is 0 Å². The summed E-state index contributed by atoms with van der Waals surface area (Å²) < 4.78 is 35.7. The number of hydrogen-bond donors (Lipinski definition) is 3. The highest BCUT2D eigenvalue weighted by atomic mass is 32.2. The van der Waals surface area contributed by atoms with Crippen LogP contribution in [0.25, 0.3) is 0 Å². The molecule has 0 saturated carbocycles. The van der Waals surface area contributed by atoms with E-state index in [1.165, 1.54) is 18.2 Å². The van der Waals surface area contributed by atoms with Crippen LogP contribution in [0.3, 0.4) is 0 Å². The molecule has 0 saturated heterocycles. The molecule has 0 heterocycles.